The number of likely N-dealkylation sites (N-methyl/N-ethyl adjacent to an activating group) is 1. The van der Waals surface area contributed by atoms with Crippen molar-refractivity contribution < 1.29 is 18.0 Å². The minimum atomic E-state index is -4.37. The Morgan fingerprint density at radius 2 is 1.61 bits per heavy atom. The van der Waals surface area contributed by atoms with Crippen molar-refractivity contribution in [3.05, 3.63) is 29.8 Å². The van der Waals surface area contributed by atoms with E-state index in [0.29, 0.717) is 5.69 Å². The molecule has 1 aromatic carbocycles. The summed E-state index contributed by atoms with van der Waals surface area (Å²) in [6, 6.07) is 4.32. The molecule has 2 N–H and O–H groups in total. The lowest BCUT2D eigenvalue weighted by Crippen LogP contribution is -2.47. The van der Waals surface area contributed by atoms with E-state index in [0.717, 1.165) is 12.1 Å². The van der Waals surface area contributed by atoms with Gasteiger partial charge in [0, 0.05) is 5.69 Å². The molecule has 0 atom stereocenters. The largest absolute Gasteiger partial charge is 0.416 e. The summed E-state index contributed by atoms with van der Waals surface area (Å²) < 4.78 is 37.0. The molecule has 0 aromatic heterocycles. The maximum absolute atomic E-state index is 12.3. The third kappa shape index (κ3) is 3.46. The first-order chi connectivity index (χ1) is 8.16. The van der Waals surface area contributed by atoms with Crippen LogP contribution in [0.15, 0.2) is 24.3 Å². The van der Waals surface area contributed by atoms with Gasteiger partial charge in [-0.2, -0.15) is 13.2 Å². The summed E-state index contributed by atoms with van der Waals surface area (Å²) in [6.07, 6.45) is -4.37. The first-order valence-electron chi connectivity index (χ1n) is 5.34. The van der Waals surface area contributed by atoms with Crippen molar-refractivity contribution in [3.63, 3.8) is 0 Å². The van der Waals surface area contributed by atoms with E-state index in [1.807, 2.05) is 0 Å². The third-order valence-corrected chi connectivity index (χ3v) is 2.66. The molecule has 0 aliphatic carbocycles. The average Bonchev–Trinajstić information content (AvgIpc) is 2.28. The molecule has 3 nitrogen and oxygen atoms in total. The van der Waals surface area contributed by atoms with E-state index in [1.54, 1.807) is 20.9 Å². The molecule has 1 rings (SSSR count). The summed E-state index contributed by atoms with van der Waals surface area (Å²) in [6.45, 7) is 3.35. The maximum Gasteiger partial charge on any atom is 0.416 e. The first-order valence-corrected chi connectivity index (χ1v) is 5.34. The van der Waals surface area contributed by atoms with Gasteiger partial charge in [0.25, 0.3) is 0 Å². The molecule has 0 bridgehead atoms. The van der Waals surface area contributed by atoms with Crippen LogP contribution in [0, 0.1) is 0 Å². The van der Waals surface area contributed by atoms with Crippen molar-refractivity contribution >= 4 is 11.6 Å². The topological polar surface area (TPSA) is 41.1 Å². The monoisotopic (exact) mass is 260 g/mol. The fourth-order valence-corrected chi connectivity index (χ4v) is 1.14. The zero-order valence-corrected chi connectivity index (χ0v) is 10.4. The number of nitrogens with one attached hydrogen (secondary N) is 2. The molecule has 0 saturated carbocycles. The van der Waals surface area contributed by atoms with E-state index < -0.39 is 17.3 Å². The molecule has 0 fully saturated rings. The number of hydrogen-bond acceptors (Lipinski definition) is 2. The number of anilines is 1. The van der Waals surface area contributed by atoms with Crippen LogP contribution >= 0.6 is 0 Å². The minimum Gasteiger partial charge on any atom is -0.325 e. The zero-order valence-electron chi connectivity index (χ0n) is 10.4. The summed E-state index contributed by atoms with van der Waals surface area (Å²) in [5.41, 5.74) is -1.20. The predicted molar refractivity (Wildman–Crippen MR) is 63.2 cm³/mol. The zero-order chi connectivity index (χ0) is 14.0. The Kier molecular flexibility index (Phi) is 4.01. The lowest BCUT2D eigenvalue weighted by molar-refractivity contribution is -0.137. The molecule has 0 aliphatic heterocycles. The number of benzene rings is 1. The SMILES string of the molecule is CNC(C)(C)C(=O)Nc1ccc(C(F)(F)F)cc1. The van der Waals surface area contributed by atoms with Crippen LogP contribution in [0.1, 0.15) is 19.4 Å². The highest BCUT2D eigenvalue weighted by atomic mass is 19.4. The molecule has 0 saturated heterocycles. The van der Waals surface area contributed by atoms with Crippen LogP contribution in [-0.4, -0.2) is 18.5 Å². The summed E-state index contributed by atoms with van der Waals surface area (Å²) in [5, 5.41) is 5.35. The van der Waals surface area contributed by atoms with Gasteiger partial charge >= 0.3 is 6.18 Å². The van der Waals surface area contributed by atoms with Crippen molar-refractivity contribution in [1.29, 1.82) is 0 Å². The van der Waals surface area contributed by atoms with Crippen molar-refractivity contribution in [3.8, 4) is 0 Å². The van der Waals surface area contributed by atoms with Crippen LogP contribution in [-0.2, 0) is 11.0 Å². The van der Waals surface area contributed by atoms with Crippen molar-refractivity contribution in [2.24, 2.45) is 0 Å². The molecular weight excluding hydrogens is 245 g/mol. The normalized spacial score (nSPS) is 12.3. The second kappa shape index (κ2) is 4.97. The fourth-order valence-electron chi connectivity index (χ4n) is 1.14. The first kappa shape index (κ1) is 14.5. The molecule has 18 heavy (non-hydrogen) atoms. The number of carbonyl (C=O) groups excluding carboxylic acids is 1. The maximum atomic E-state index is 12.3. The number of halogens is 3. The highest BCUT2D eigenvalue weighted by molar-refractivity contribution is 5.97. The third-order valence-electron chi connectivity index (χ3n) is 2.66. The lowest BCUT2D eigenvalue weighted by atomic mass is 10.0. The lowest BCUT2D eigenvalue weighted by Gasteiger charge is -2.22. The van der Waals surface area contributed by atoms with Gasteiger partial charge in [-0.3, -0.25) is 4.79 Å². The van der Waals surface area contributed by atoms with Crippen molar-refractivity contribution in [2.75, 3.05) is 12.4 Å². The molecule has 0 heterocycles. The minimum absolute atomic E-state index is 0.315. The molecule has 1 amide bonds. The number of rotatable bonds is 3. The Hall–Kier alpha value is -1.56. The Balaban J connectivity index is 2.79. The highest BCUT2D eigenvalue weighted by Gasteiger charge is 2.30. The highest BCUT2D eigenvalue weighted by Crippen LogP contribution is 2.29. The molecule has 0 radical (unpaired) electrons. The molecule has 1 aromatic rings. The molecule has 0 spiro atoms. The fraction of sp³-hybridized carbons (Fsp3) is 0.417. The molecule has 0 aliphatic rings. The Labute approximate surface area is 103 Å². The smallest absolute Gasteiger partial charge is 0.325 e. The summed E-state index contributed by atoms with van der Waals surface area (Å²) >= 11 is 0. The van der Waals surface area contributed by atoms with E-state index >= 15 is 0 Å². The van der Waals surface area contributed by atoms with Crippen LogP contribution in [0.4, 0.5) is 18.9 Å². The van der Waals surface area contributed by atoms with Gasteiger partial charge in [-0.15, -0.1) is 0 Å². The van der Waals surface area contributed by atoms with Gasteiger partial charge < -0.3 is 10.6 Å². The van der Waals surface area contributed by atoms with Crippen LogP contribution in [0.3, 0.4) is 0 Å². The van der Waals surface area contributed by atoms with Crippen LogP contribution in [0.5, 0.6) is 0 Å². The number of hydrogen-bond donors (Lipinski definition) is 2. The number of amides is 1. The second-order valence-corrected chi connectivity index (χ2v) is 4.40. The molecule has 0 unspecified atom stereocenters. The van der Waals surface area contributed by atoms with Crippen LogP contribution < -0.4 is 10.6 Å². The summed E-state index contributed by atoms with van der Waals surface area (Å²) in [4.78, 5) is 11.8. The van der Waals surface area contributed by atoms with E-state index in [1.165, 1.54) is 12.1 Å². The second-order valence-electron chi connectivity index (χ2n) is 4.40. The summed E-state index contributed by atoms with van der Waals surface area (Å²) in [5.74, 6) is -0.315. The van der Waals surface area contributed by atoms with E-state index in [9.17, 15) is 18.0 Å². The molecule has 6 heteroatoms. The van der Waals surface area contributed by atoms with Crippen molar-refractivity contribution in [1.82, 2.24) is 5.32 Å². The van der Waals surface area contributed by atoms with E-state index in [-0.39, 0.29) is 5.91 Å². The van der Waals surface area contributed by atoms with Gasteiger partial charge in [-0.1, -0.05) is 0 Å². The Bertz CT molecular complexity index is 424. The van der Waals surface area contributed by atoms with Gasteiger partial charge in [0.05, 0.1) is 11.1 Å². The van der Waals surface area contributed by atoms with Crippen molar-refractivity contribution in [2.45, 2.75) is 25.6 Å². The quantitative estimate of drug-likeness (QED) is 0.877. The van der Waals surface area contributed by atoms with Gasteiger partial charge in [-0.05, 0) is 45.2 Å². The molecule has 100 valence electrons. The van der Waals surface area contributed by atoms with Crippen LogP contribution in [0.2, 0.25) is 0 Å². The van der Waals surface area contributed by atoms with E-state index in [4.69, 9.17) is 0 Å². The average molecular weight is 260 g/mol. The van der Waals surface area contributed by atoms with Gasteiger partial charge in [0.15, 0.2) is 0 Å². The Morgan fingerprint density at radius 1 is 1.11 bits per heavy atom. The van der Waals surface area contributed by atoms with Crippen LogP contribution in [0.25, 0.3) is 0 Å². The van der Waals surface area contributed by atoms with Gasteiger partial charge in [0.2, 0.25) is 5.91 Å². The number of carbonyl (C=O) groups is 1. The molecular formula is C12H15F3N2O. The predicted octanol–water partition coefficient (Wildman–Crippen LogP) is 2.64. The Morgan fingerprint density at radius 3 is 2.00 bits per heavy atom. The van der Waals surface area contributed by atoms with E-state index in [2.05, 4.69) is 10.6 Å². The standard InChI is InChI=1S/C12H15F3N2O/c1-11(2,16-3)10(18)17-9-6-4-8(5-7-9)12(13,14)15/h4-7,16H,1-3H3,(H,17,18). The van der Waals surface area contributed by atoms with Gasteiger partial charge in [-0.25, -0.2) is 0 Å². The summed E-state index contributed by atoms with van der Waals surface area (Å²) in [7, 11) is 1.63. The number of alkyl halides is 3. The van der Waals surface area contributed by atoms with Gasteiger partial charge in [0.1, 0.15) is 0 Å².